The first-order valence-electron chi connectivity index (χ1n) is 6.48. The minimum Gasteiger partial charge on any atom is -0.435 e. The summed E-state index contributed by atoms with van der Waals surface area (Å²) in [6, 6.07) is 5.86. The number of carbonyl (C=O) groups excluding carboxylic acids is 1. The zero-order chi connectivity index (χ0) is 16.1. The van der Waals surface area contributed by atoms with Crippen molar-refractivity contribution in [2.75, 3.05) is 13.1 Å². The average molecular weight is 348 g/mol. The van der Waals surface area contributed by atoms with Crippen LogP contribution in [0.2, 0.25) is 0 Å². The molecule has 0 atom stereocenters. The summed E-state index contributed by atoms with van der Waals surface area (Å²) in [6.45, 7) is -0.534. The Kier molecular flexibility index (Phi) is 6.86. The molecule has 3 N–H and O–H groups in total. The predicted molar refractivity (Wildman–Crippen MR) is 81.4 cm³/mol. The summed E-state index contributed by atoms with van der Waals surface area (Å²) in [6.07, 6.45) is 0. The molecule has 0 aliphatic carbocycles. The second-order valence-corrected chi connectivity index (χ2v) is 4.35. The molecule has 0 spiro atoms. The van der Waals surface area contributed by atoms with E-state index >= 15 is 0 Å². The molecule has 126 valence electrons. The maximum atomic E-state index is 12.1. The molecule has 10 heteroatoms. The van der Waals surface area contributed by atoms with Gasteiger partial charge in [-0.25, -0.2) is 4.68 Å². The standard InChI is InChI=1S/C13H15F2N5O2.ClH/c1-8-11(12(21)17-7-6-16)18-19-20(8)9-2-4-10(5-3-9)22-13(14)15;/h2-5,13H,6-7,16H2,1H3,(H,17,21);1H. The number of nitrogens with two attached hydrogens (primary N) is 1. The number of alkyl halides is 2. The van der Waals surface area contributed by atoms with E-state index in [0.29, 0.717) is 24.5 Å². The lowest BCUT2D eigenvalue weighted by molar-refractivity contribution is -0.0498. The van der Waals surface area contributed by atoms with Crippen LogP contribution in [0.15, 0.2) is 24.3 Å². The van der Waals surface area contributed by atoms with Crippen molar-refractivity contribution in [2.24, 2.45) is 5.73 Å². The molecule has 0 fully saturated rings. The smallest absolute Gasteiger partial charge is 0.387 e. The largest absolute Gasteiger partial charge is 0.435 e. The molecule has 23 heavy (non-hydrogen) atoms. The van der Waals surface area contributed by atoms with Crippen molar-refractivity contribution in [3.63, 3.8) is 0 Å². The van der Waals surface area contributed by atoms with E-state index in [0.717, 1.165) is 0 Å². The first-order chi connectivity index (χ1) is 10.5. The fourth-order valence-electron chi connectivity index (χ4n) is 1.82. The predicted octanol–water partition coefficient (Wildman–Crippen LogP) is 1.29. The van der Waals surface area contributed by atoms with Crippen LogP contribution in [0.4, 0.5) is 8.78 Å². The third-order valence-corrected chi connectivity index (χ3v) is 2.85. The van der Waals surface area contributed by atoms with Gasteiger partial charge in [-0.05, 0) is 31.2 Å². The van der Waals surface area contributed by atoms with Gasteiger partial charge in [-0.15, -0.1) is 17.5 Å². The van der Waals surface area contributed by atoms with Crippen LogP contribution in [0.5, 0.6) is 5.75 Å². The summed E-state index contributed by atoms with van der Waals surface area (Å²) < 4.78 is 29.9. The molecule has 2 rings (SSSR count). The fourth-order valence-corrected chi connectivity index (χ4v) is 1.82. The highest BCUT2D eigenvalue weighted by Gasteiger charge is 2.16. The summed E-state index contributed by atoms with van der Waals surface area (Å²) in [5.41, 5.74) is 6.60. The van der Waals surface area contributed by atoms with Crippen LogP contribution in [-0.2, 0) is 0 Å². The molecule has 0 unspecified atom stereocenters. The van der Waals surface area contributed by atoms with Gasteiger partial charge in [0, 0.05) is 13.1 Å². The molecule has 1 aromatic carbocycles. The Balaban J connectivity index is 0.00000264. The molecule has 0 saturated heterocycles. The van der Waals surface area contributed by atoms with Gasteiger partial charge in [-0.1, -0.05) is 5.21 Å². The van der Waals surface area contributed by atoms with E-state index in [1.54, 1.807) is 19.1 Å². The Morgan fingerprint density at radius 3 is 2.61 bits per heavy atom. The van der Waals surface area contributed by atoms with E-state index in [2.05, 4.69) is 20.4 Å². The number of hydrogen-bond donors (Lipinski definition) is 2. The number of nitrogens with one attached hydrogen (secondary N) is 1. The van der Waals surface area contributed by atoms with Gasteiger partial charge in [0.15, 0.2) is 5.69 Å². The number of aromatic nitrogens is 3. The lowest BCUT2D eigenvalue weighted by atomic mass is 10.2. The zero-order valence-corrected chi connectivity index (χ0v) is 13.0. The highest BCUT2D eigenvalue weighted by molar-refractivity contribution is 5.93. The fraction of sp³-hybridized carbons (Fsp3) is 0.308. The van der Waals surface area contributed by atoms with Crippen molar-refractivity contribution < 1.29 is 18.3 Å². The molecule has 0 saturated carbocycles. The molecule has 0 aliphatic heterocycles. The molecule has 0 bridgehead atoms. The highest BCUT2D eigenvalue weighted by atomic mass is 35.5. The van der Waals surface area contributed by atoms with E-state index in [1.807, 2.05) is 0 Å². The Hall–Kier alpha value is -2.26. The van der Waals surface area contributed by atoms with Crippen LogP contribution in [0.1, 0.15) is 16.2 Å². The van der Waals surface area contributed by atoms with Crippen molar-refractivity contribution in [1.29, 1.82) is 0 Å². The molecule has 1 amide bonds. The number of nitrogens with zero attached hydrogens (tertiary/aromatic N) is 3. The summed E-state index contributed by atoms with van der Waals surface area (Å²) in [7, 11) is 0. The van der Waals surface area contributed by atoms with E-state index in [1.165, 1.54) is 16.8 Å². The van der Waals surface area contributed by atoms with Crippen LogP contribution >= 0.6 is 12.4 Å². The quantitative estimate of drug-likeness (QED) is 0.821. The third-order valence-electron chi connectivity index (χ3n) is 2.85. The Morgan fingerprint density at radius 1 is 1.39 bits per heavy atom. The first-order valence-corrected chi connectivity index (χ1v) is 6.48. The van der Waals surface area contributed by atoms with Gasteiger partial charge in [0.2, 0.25) is 0 Å². The topological polar surface area (TPSA) is 95.1 Å². The SMILES string of the molecule is Cc1c(C(=O)NCCN)nnn1-c1ccc(OC(F)F)cc1.Cl. The minimum atomic E-state index is -2.88. The second-order valence-electron chi connectivity index (χ2n) is 4.35. The van der Waals surface area contributed by atoms with Crippen molar-refractivity contribution >= 4 is 18.3 Å². The Labute approximate surface area is 137 Å². The molecular weight excluding hydrogens is 332 g/mol. The summed E-state index contributed by atoms with van der Waals surface area (Å²) in [4.78, 5) is 11.9. The van der Waals surface area contributed by atoms with Crippen molar-refractivity contribution in [1.82, 2.24) is 20.3 Å². The second kappa shape index (κ2) is 8.39. The molecule has 1 aromatic heterocycles. The first kappa shape index (κ1) is 18.8. The van der Waals surface area contributed by atoms with Gasteiger partial charge in [-0.3, -0.25) is 4.79 Å². The molecular formula is C13H16ClF2N5O2. The van der Waals surface area contributed by atoms with Crippen molar-refractivity contribution in [3.05, 3.63) is 35.7 Å². The van der Waals surface area contributed by atoms with Crippen LogP contribution in [0.25, 0.3) is 5.69 Å². The summed E-state index contributed by atoms with van der Waals surface area (Å²) in [5, 5.41) is 10.3. The van der Waals surface area contributed by atoms with Crippen LogP contribution in [0, 0.1) is 6.92 Å². The van der Waals surface area contributed by atoms with E-state index in [-0.39, 0.29) is 29.8 Å². The molecule has 1 heterocycles. The minimum absolute atomic E-state index is 0. The normalized spacial score (nSPS) is 10.3. The summed E-state index contributed by atoms with van der Waals surface area (Å²) in [5.74, 6) is -0.329. The van der Waals surface area contributed by atoms with Gasteiger partial charge in [-0.2, -0.15) is 8.78 Å². The lowest BCUT2D eigenvalue weighted by Crippen LogP contribution is -2.29. The number of carbonyl (C=O) groups is 1. The highest BCUT2D eigenvalue weighted by Crippen LogP contribution is 2.18. The van der Waals surface area contributed by atoms with E-state index in [4.69, 9.17) is 5.73 Å². The number of benzene rings is 1. The number of ether oxygens (including phenoxy) is 1. The van der Waals surface area contributed by atoms with Crippen molar-refractivity contribution in [3.8, 4) is 11.4 Å². The average Bonchev–Trinajstić information content (AvgIpc) is 2.87. The van der Waals surface area contributed by atoms with Crippen LogP contribution in [-0.4, -0.2) is 40.6 Å². The van der Waals surface area contributed by atoms with Gasteiger partial charge in [0.05, 0.1) is 11.4 Å². The van der Waals surface area contributed by atoms with Gasteiger partial charge in [0.1, 0.15) is 5.75 Å². The molecule has 0 radical (unpaired) electrons. The molecule has 0 aliphatic rings. The number of rotatable bonds is 6. The Morgan fingerprint density at radius 2 is 2.04 bits per heavy atom. The van der Waals surface area contributed by atoms with E-state index < -0.39 is 6.61 Å². The Bertz CT molecular complexity index is 648. The van der Waals surface area contributed by atoms with Crippen molar-refractivity contribution in [2.45, 2.75) is 13.5 Å². The third kappa shape index (κ3) is 4.60. The monoisotopic (exact) mass is 347 g/mol. The lowest BCUT2D eigenvalue weighted by Gasteiger charge is -2.07. The van der Waals surface area contributed by atoms with E-state index in [9.17, 15) is 13.6 Å². The maximum absolute atomic E-state index is 12.1. The molecule has 7 nitrogen and oxygen atoms in total. The maximum Gasteiger partial charge on any atom is 0.387 e. The number of amides is 1. The number of hydrogen-bond acceptors (Lipinski definition) is 5. The zero-order valence-electron chi connectivity index (χ0n) is 12.2. The molecule has 2 aromatic rings. The van der Waals surface area contributed by atoms with Gasteiger partial charge >= 0.3 is 6.61 Å². The van der Waals surface area contributed by atoms with Crippen LogP contribution in [0.3, 0.4) is 0 Å². The van der Waals surface area contributed by atoms with Gasteiger partial charge in [0.25, 0.3) is 5.91 Å². The summed E-state index contributed by atoms with van der Waals surface area (Å²) >= 11 is 0. The van der Waals surface area contributed by atoms with Gasteiger partial charge < -0.3 is 15.8 Å². The number of halogens is 3. The van der Waals surface area contributed by atoms with Crippen LogP contribution < -0.4 is 15.8 Å².